The van der Waals surface area contributed by atoms with Crippen molar-refractivity contribution in [3.8, 4) is 17.1 Å². The molecule has 0 aliphatic heterocycles. The Morgan fingerprint density at radius 3 is 2.48 bits per heavy atom. The molecule has 0 aliphatic rings. The van der Waals surface area contributed by atoms with Crippen molar-refractivity contribution in [3.05, 3.63) is 45.6 Å². The Hall–Kier alpha value is -2.14. The van der Waals surface area contributed by atoms with Crippen molar-refractivity contribution in [3.63, 3.8) is 0 Å². The van der Waals surface area contributed by atoms with Crippen molar-refractivity contribution in [1.29, 1.82) is 0 Å². The third kappa shape index (κ3) is 2.45. The van der Waals surface area contributed by atoms with E-state index in [4.69, 9.17) is 0 Å². The van der Waals surface area contributed by atoms with Crippen LogP contribution in [-0.4, -0.2) is 15.1 Å². The van der Waals surface area contributed by atoms with Gasteiger partial charge in [-0.3, -0.25) is 4.79 Å². The smallest absolute Gasteiger partial charge is 0.260 e. The van der Waals surface area contributed by atoms with E-state index < -0.39 is 0 Å². The molecule has 4 nitrogen and oxygen atoms in total. The summed E-state index contributed by atoms with van der Waals surface area (Å²) in [6, 6.07) is 6.62. The van der Waals surface area contributed by atoms with Crippen molar-refractivity contribution in [2.24, 2.45) is 0 Å². The Morgan fingerprint density at radius 2 is 1.86 bits per heavy atom. The second-order valence-electron chi connectivity index (χ2n) is 6.04. The van der Waals surface area contributed by atoms with E-state index in [-0.39, 0.29) is 16.7 Å². The SMILES string of the molecule is CC(C)(C)c1csc2nc(-c3ccc(O)cc3)[nH]c(=O)c12. The summed E-state index contributed by atoms with van der Waals surface area (Å²) in [5, 5.41) is 12.0. The number of nitrogens with zero attached hydrogens (tertiary/aromatic N) is 1. The van der Waals surface area contributed by atoms with E-state index in [0.29, 0.717) is 11.2 Å². The number of rotatable bonds is 1. The maximum absolute atomic E-state index is 12.4. The lowest BCUT2D eigenvalue weighted by atomic mass is 9.87. The van der Waals surface area contributed by atoms with Gasteiger partial charge in [0.1, 0.15) is 16.4 Å². The standard InChI is InChI=1S/C16H16N2O2S/c1-16(2,3)11-8-21-15-12(11)14(20)17-13(18-15)9-4-6-10(19)7-5-9/h4-8,19H,1-3H3,(H,17,18,20). The number of hydrogen-bond donors (Lipinski definition) is 2. The minimum atomic E-state index is -0.116. The number of aromatic nitrogens is 2. The average Bonchev–Trinajstić information content (AvgIpc) is 2.83. The van der Waals surface area contributed by atoms with Crippen LogP contribution < -0.4 is 5.56 Å². The molecule has 0 atom stereocenters. The molecule has 0 aliphatic carbocycles. The molecule has 21 heavy (non-hydrogen) atoms. The normalized spacial score (nSPS) is 12.0. The molecular formula is C16H16N2O2S. The number of aromatic amines is 1. The van der Waals surface area contributed by atoms with Crippen molar-refractivity contribution in [2.75, 3.05) is 0 Å². The van der Waals surface area contributed by atoms with Crippen LogP contribution in [0.25, 0.3) is 21.6 Å². The summed E-state index contributed by atoms with van der Waals surface area (Å²) in [4.78, 5) is 20.6. The Bertz CT molecular complexity index is 855. The highest BCUT2D eigenvalue weighted by Gasteiger charge is 2.21. The maximum atomic E-state index is 12.4. The van der Waals surface area contributed by atoms with E-state index in [2.05, 4.69) is 30.7 Å². The van der Waals surface area contributed by atoms with Gasteiger partial charge in [0.05, 0.1) is 5.39 Å². The van der Waals surface area contributed by atoms with Crippen LogP contribution in [0.4, 0.5) is 0 Å². The number of phenolic OH excluding ortho intramolecular Hbond substituents is 1. The fourth-order valence-electron chi connectivity index (χ4n) is 2.26. The first-order valence-electron chi connectivity index (χ1n) is 6.67. The van der Waals surface area contributed by atoms with E-state index >= 15 is 0 Å². The van der Waals surface area contributed by atoms with Crippen LogP contribution in [0.3, 0.4) is 0 Å². The van der Waals surface area contributed by atoms with Gasteiger partial charge in [-0.05, 0) is 40.6 Å². The molecule has 1 aromatic carbocycles. The molecule has 0 spiro atoms. The topological polar surface area (TPSA) is 66.0 Å². The van der Waals surface area contributed by atoms with Gasteiger partial charge in [-0.2, -0.15) is 0 Å². The number of phenols is 1. The molecule has 0 saturated heterocycles. The zero-order valence-electron chi connectivity index (χ0n) is 12.1. The first kappa shape index (κ1) is 13.8. The summed E-state index contributed by atoms with van der Waals surface area (Å²) in [6.45, 7) is 6.26. The Balaban J connectivity index is 2.22. The maximum Gasteiger partial charge on any atom is 0.260 e. The number of H-pyrrole nitrogens is 1. The van der Waals surface area contributed by atoms with Gasteiger partial charge >= 0.3 is 0 Å². The molecule has 0 bridgehead atoms. The van der Waals surface area contributed by atoms with Gasteiger partial charge in [0, 0.05) is 5.56 Å². The van der Waals surface area contributed by atoms with Gasteiger partial charge in [0.15, 0.2) is 0 Å². The van der Waals surface area contributed by atoms with Crippen molar-refractivity contribution in [1.82, 2.24) is 9.97 Å². The largest absolute Gasteiger partial charge is 0.508 e. The molecule has 2 aromatic heterocycles. The summed E-state index contributed by atoms with van der Waals surface area (Å²) in [6.07, 6.45) is 0. The van der Waals surface area contributed by atoms with Gasteiger partial charge < -0.3 is 10.1 Å². The van der Waals surface area contributed by atoms with Crippen molar-refractivity contribution >= 4 is 21.6 Å². The Kier molecular flexibility index (Phi) is 3.10. The minimum absolute atomic E-state index is 0.0903. The predicted octanol–water partition coefficient (Wildman–Crippen LogP) is 3.65. The van der Waals surface area contributed by atoms with Crippen molar-refractivity contribution in [2.45, 2.75) is 26.2 Å². The van der Waals surface area contributed by atoms with Crippen LogP contribution in [0, 0.1) is 0 Å². The summed E-state index contributed by atoms with van der Waals surface area (Å²) >= 11 is 1.49. The van der Waals surface area contributed by atoms with E-state index in [1.165, 1.54) is 11.3 Å². The lowest BCUT2D eigenvalue weighted by molar-refractivity contribution is 0.475. The van der Waals surface area contributed by atoms with Gasteiger partial charge in [-0.25, -0.2) is 4.98 Å². The second kappa shape index (κ2) is 4.70. The molecule has 108 valence electrons. The molecular weight excluding hydrogens is 284 g/mol. The van der Waals surface area contributed by atoms with Crippen LogP contribution in [0.1, 0.15) is 26.3 Å². The summed E-state index contributed by atoms with van der Waals surface area (Å²) in [7, 11) is 0. The number of thiophene rings is 1. The molecule has 0 amide bonds. The third-order valence-electron chi connectivity index (χ3n) is 3.39. The lowest BCUT2D eigenvalue weighted by Crippen LogP contribution is -2.16. The number of hydrogen-bond acceptors (Lipinski definition) is 4. The molecule has 3 rings (SSSR count). The zero-order valence-corrected chi connectivity index (χ0v) is 12.9. The zero-order chi connectivity index (χ0) is 15.2. The molecule has 0 unspecified atom stereocenters. The molecule has 0 saturated carbocycles. The van der Waals surface area contributed by atoms with Crippen LogP contribution in [-0.2, 0) is 5.41 Å². The quantitative estimate of drug-likeness (QED) is 0.721. The Morgan fingerprint density at radius 1 is 1.19 bits per heavy atom. The van der Waals surface area contributed by atoms with Crippen LogP contribution in [0.2, 0.25) is 0 Å². The molecule has 0 fully saturated rings. The fourth-order valence-corrected chi connectivity index (χ4v) is 3.42. The first-order valence-corrected chi connectivity index (χ1v) is 7.55. The first-order chi connectivity index (χ1) is 9.86. The average molecular weight is 300 g/mol. The fraction of sp³-hybridized carbons (Fsp3) is 0.250. The van der Waals surface area contributed by atoms with E-state index in [1.54, 1.807) is 24.3 Å². The van der Waals surface area contributed by atoms with Gasteiger partial charge in [-0.15, -0.1) is 11.3 Å². The highest BCUT2D eigenvalue weighted by Crippen LogP contribution is 2.32. The molecule has 3 aromatic rings. The number of nitrogens with one attached hydrogen (secondary N) is 1. The van der Waals surface area contributed by atoms with Crippen LogP contribution in [0.15, 0.2) is 34.4 Å². The lowest BCUT2D eigenvalue weighted by Gasteiger charge is -2.16. The van der Waals surface area contributed by atoms with Crippen LogP contribution >= 0.6 is 11.3 Å². The molecule has 5 heteroatoms. The highest BCUT2D eigenvalue weighted by atomic mass is 32.1. The van der Waals surface area contributed by atoms with E-state index in [0.717, 1.165) is 16.0 Å². The summed E-state index contributed by atoms with van der Waals surface area (Å²) < 4.78 is 0. The monoisotopic (exact) mass is 300 g/mol. The molecule has 2 N–H and O–H groups in total. The molecule has 0 radical (unpaired) electrons. The molecule has 2 heterocycles. The second-order valence-corrected chi connectivity index (χ2v) is 6.90. The van der Waals surface area contributed by atoms with Crippen LogP contribution in [0.5, 0.6) is 5.75 Å². The Labute approximate surface area is 126 Å². The van der Waals surface area contributed by atoms with Gasteiger partial charge in [-0.1, -0.05) is 20.8 Å². The third-order valence-corrected chi connectivity index (χ3v) is 4.26. The van der Waals surface area contributed by atoms with E-state index in [1.807, 2.05) is 5.38 Å². The van der Waals surface area contributed by atoms with Gasteiger partial charge in [0.25, 0.3) is 5.56 Å². The number of benzene rings is 1. The number of fused-ring (bicyclic) bond motifs is 1. The van der Waals surface area contributed by atoms with Crippen molar-refractivity contribution < 1.29 is 5.11 Å². The summed E-state index contributed by atoms with van der Waals surface area (Å²) in [5.41, 5.74) is 1.59. The number of aromatic hydroxyl groups is 1. The highest BCUT2D eigenvalue weighted by molar-refractivity contribution is 7.16. The summed E-state index contributed by atoms with van der Waals surface area (Å²) in [5.74, 6) is 0.711. The minimum Gasteiger partial charge on any atom is -0.508 e. The van der Waals surface area contributed by atoms with E-state index in [9.17, 15) is 9.90 Å². The predicted molar refractivity (Wildman–Crippen MR) is 86.0 cm³/mol. The van der Waals surface area contributed by atoms with Gasteiger partial charge in [0.2, 0.25) is 0 Å².